The molecule has 0 unspecified atom stereocenters. The van der Waals surface area contributed by atoms with Crippen LogP contribution in [0, 0.1) is 0 Å². The molecule has 57 heavy (non-hydrogen) atoms. The van der Waals surface area contributed by atoms with Crippen molar-refractivity contribution in [1.29, 1.82) is 0 Å². The largest absolute Gasteiger partial charge is 0.310 e. The van der Waals surface area contributed by atoms with Crippen LogP contribution in [0.4, 0.5) is 17.1 Å². The Balaban J connectivity index is 1.04. The van der Waals surface area contributed by atoms with E-state index in [4.69, 9.17) is 0 Å². The van der Waals surface area contributed by atoms with E-state index in [0.29, 0.717) is 0 Å². The Morgan fingerprint density at radius 1 is 0.228 bits per heavy atom. The van der Waals surface area contributed by atoms with Gasteiger partial charge in [0.05, 0.1) is 5.69 Å². The lowest BCUT2D eigenvalue weighted by atomic mass is 9.92. The first-order valence-corrected chi connectivity index (χ1v) is 19.7. The fourth-order valence-electron chi connectivity index (χ4n) is 8.93. The fourth-order valence-corrected chi connectivity index (χ4v) is 8.93. The van der Waals surface area contributed by atoms with Crippen LogP contribution in [-0.4, -0.2) is 0 Å². The van der Waals surface area contributed by atoms with Crippen LogP contribution in [0.5, 0.6) is 0 Å². The van der Waals surface area contributed by atoms with E-state index in [0.717, 1.165) is 17.1 Å². The minimum absolute atomic E-state index is 1.10. The van der Waals surface area contributed by atoms with Gasteiger partial charge in [-0.1, -0.05) is 182 Å². The van der Waals surface area contributed by atoms with Gasteiger partial charge in [-0.2, -0.15) is 0 Å². The molecule has 0 aromatic heterocycles. The number of hydrogen-bond acceptors (Lipinski definition) is 1. The third-order valence-electron chi connectivity index (χ3n) is 11.6. The van der Waals surface area contributed by atoms with Gasteiger partial charge in [0.1, 0.15) is 0 Å². The molecule has 0 fully saturated rings. The molecule has 0 aliphatic carbocycles. The molecular weight excluding hydrogens is 687 g/mol. The van der Waals surface area contributed by atoms with Gasteiger partial charge in [0.15, 0.2) is 0 Å². The molecule has 0 saturated carbocycles. The molecular formula is C56H37N. The van der Waals surface area contributed by atoms with Gasteiger partial charge in [0, 0.05) is 16.9 Å². The van der Waals surface area contributed by atoms with Crippen molar-refractivity contribution in [2.45, 2.75) is 0 Å². The number of rotatable bonds is 6. The number of anilines is 3. The number of para-hydroxylation sites is 1. The second-order valence-electron chi connectivity index (χ2n) is 14.9. The summed E-state index contributed by atoms with van der Waals surface area (Å²) < 4.78 is 0. The Morgan fingerprint density at radius 3 is 1.32 bits per heavy atom. The maximum atomic E-state index is 2.40. The molecule has 1 heteroatoms. The zero-order chi connectivity index (χ0) is 37.7. The average Bonchev–Trinajstić information content (AvgIpc) is 3.30. The lowest BCUT2D eigenvalue weighted by Crippen LogP contribution is -2.11. The average molecular weight is 724 g/mol. The van der Waals surface area contributed by atoms with E-state index in [1.807, 2.05) is 0 Å². The molecule has 11 aromatic rings. The van der Waals surface area contributed by atoms with E-state index in [-0.39, 0.29) is 0 Å². The summed E-state index contributed by atoms with van der Waals surface area (Å²) >= 11 is 0. The predicted molar refractivity (Wildman–Crippen MR) is 245 cm³/mol. The van der Waals surface area contributed by atoms with E-state index < -0.39 is 0 Å². The van der Waals surface area contributed by atoms with Gasteiger partial charge < -0.3 is 4.90 Å². The highest BCUT2D eigenvalue weighted by atomic mass is 15.1. The third-order valence-corrected chi connectivity index (χ3v) is 11.6. The molecule has 0 aliphatic rings. The quantitative estimate of drug-likeness (QED) is 0.154. The molecule has 11 rings (SSSR count). The van der Waals surface area contributed by atoms with Crippen LogP contribution in [0.15, 0.2) is 224 Å². The van der Waals surface area contributed by atoms with Crippen molar-refractivity contribution in [3.63, 3.8) is 0 Å². The van der Waals surface area contributed by atoms with Crippen LogP contribution in [0.1, 0.15) is 0 Å². The molecule has 0 saturated heterocycles. The lowest BCUT2D eigenvalue weighted by Gasteiger charge is -2.28. The van der Waals surface area contributed by atoms with Crippen LogP contribution in [0.2, 0.25) is 0 Å². The first-order chi connectivity index (χ1) is 28.3. The van der Waals surface area contributed by atoms with E-state index in [9.17, 15) is 0 Å². The smallest absolute Gasteiger partial charge is 0.0540 e. The second-order valence-corrected chi connectivity index (χ2v) is 14.9. The van der Waals surface area contributed by atoms with Gasteiger partial charge in [0.2, 0.25) is 0 Å². The topological polar surface area (TPSA) is 3.24 Å². The second kappa shape index (κ2) is 13.7. The Hall–Kier alpha value is -7.48. The summed E-state index contributed by atoms with van der Waals surface area (Å²) in [6.45, 7) is 0. The minimum Gasteiger partial charge on any atom is -0.310 e. The van der Waals surface area contributed by atoms with Crippen molar-refractivity contribution in [2.24, 2.45) is 0 Å². The van der Waals surface area contributed by atoms with E-state index in [1.165, 1.54) is 87.2 Å². The van der Waals surface area contributed by atoms with Crippen LogP contribution < -0.4 is 4.90 Å². The summed E-state index contributed by atoms with van der Waals surface area (Å²) in [6.07, 6.45) is 0. The molecule has 0 bridgehead atoms. The van der Waals surface area contributed by atoms with E-state index >= 15 is 0 Å². The minimum atomic E-state index is 1.10. The first-order valence-electron chi connectivity index (χ1n) is 19.7. The Kier molecular flexibility index (Phi) is 7.89. The van der Waals surface area contributed by atoms with E-state index in [1.54, 1.807) is 0 Å². The molecule has 1 nitrogen and oxygen atoms in total. The van der Waals surface area contributed by atoms with Crippen molar-refractivity contribution in [3.05, 3.63) is 224 Å². The summed E-state index contributed by atoms with van der Waals surface area (Å²) in [5.74, 6) is 0. The molecule has 0 heterocycles. The summed E-state index contributed by atoms with van der Waals surface area (Å²) in [5, 5.41) is 12.8. The molecule has 0 amide bonds. The summed E-state index contributed by atoms with van der Waals surface area (Å²) in [4.78, 5) is 2.40. The first kappa shape index (κ1) is 32.9. The van der Waals surface area contributed by atoms with Crippen molar-refractivity contribution >= 4 is 70.9 Å². The maximum Gasteiger partial charge on any atom is 0.0540 e. The SMILES string of the molecule is c1ccc(-c2ccccc2N(c2ccc(-c3ccc4c5ccccc5c5ccccc5c4c3)cc2)c2ccc(-c3cc4ccccc4c4ccccc34)cc2)cc1. The van der Waals surface area contributed by atoms with Crippen molar-refractivity contribution in [3.8, 4) is 33.4 Å². The van der Waals surface area contributed by atoms with Gasteiger partial charge in [-0.05, 0) is 124 Å². The molecule has 0 spiro atoms. The Morgan fingerprint density at radius 2 is 0.667 bits per heavy atom. The molecule has 0 atom stereocenters. The lowest BCUT2D eigenvalue weighted by molar-refractivity contribution is 1.28. The van der Waals surface area contributed by atoms with Gasteiger partial charge in [-0.3, -0.25) is 0 Å². The molecule has 0 radical (unpaired) electrons. The van der Waals surface area contributed by atoms with Crippen LogP contribution in [0.3, 0.4) is 0 Å². The molecule has 11 aromatic carbocycles. The van der Waals surface area contributed by atoms with Crippen LogP contribution >= 0.6 is 0 Å². The Bertz CT molecular complexity index is 3240. The number of benzene rings is 11. The zero-order valence-corrected chi connectivity index (χ0v) is 31.3. The van der Waals surface area contributed by atoms with Crippen molar-refractivity contribution in [2.75, 3.05) is 4.90 Å². The van der Waals surface area contributed by atoms with Gasteiger partial charge in [-0.25, -0.2) is 0 Å². The van der Waals surface area contributed by atoms with Crippen LogP contribution in [-0.2, 0) is 0 Å². The highest BCUT2D eigenvalue weighted by molar-refractivity contribution is 6.25. The molecule has 266 valence electrons. The van der Waals surface area contributed by atoms with Gasteiger partial charge in [0.25, 0.3) is 0 Å². The predicted octanol–water partition coefficient (Wildman–Crippen LogP) is 15.9. The number of hydrogen-bond donors (Lipinski definition) is 0. The summed E-state index contributed by atoms with van der Waals surface area (Å²) in [6, 6.07) is 81.9. The zero-order valence-electron chi connectivity index (χ0n) is 31.3. The van der Waals surface area contributed by atoms with Crippen molar-refractivity contribution < 1.29 is 0 Å². The van der Waals surface area contributed by atoms with E-state index in [2.05, 4.69) is 229 Å². The number of fused-ring (bicyclic) bond motifs is 9. The molecule has 0 N–H and O–H groups in total. The highest BCUT2D eigenvalue weighted by Gasteiger charge is 2.18. The van der Waals surface area contributed by atoms with Crippen molar-refractivity contribution in [1.82, 2.24) is 0 Å². The molecule has 0 aliphatic heterocycles. The van der Waals surface area contributed by atoms with Gasteiger partial charge in [-0.15, -0.1) is 0 Å². The highest BCUT2D eigenvalue weighted by Crippen LogP contribution is 2.43. The summed E-state index contributed by atoms with van der Waals surface area (Å²) in [5.41, 5.74) is 10.5. The third kappa shape index (κ3) is 5.63. The maximum absolute atomic E-state index is 2.40. The van der Waals surface area contributed by atoms with Gasteiger partial charge >= 0.3 is 0 Å². The standard InChI is InChI=1S/C56H37N/c1-2-14-39(15-3-1)46-18-12-13-25-56(46)57(44-33-28-40(29-34-44)54-37-42-16-4-5-17-45(42)47-19-6-10-23-51(47)54)43-31-26-38(27-32-43)41-30-35-53-50-22-8-7-20-48(50)49-21-9-11-24-52(49)55(53)36-41/h1-37H. The monoisotopic (exact) mass is 723 g/mol. The fraction of sp³-hybridized carbons (Fsp3) is 0. The van der Waals surface area contributed by atoms with Crippen LogP contribution in [0.25, 0.3) is 87.2 Å². The number of nitrogens with zero attached hydrogens (tertiary/aromatic N) is 1. The Labute approximate surface area is 332 Å². The summed E-state index contributed by atoms with van der Waals surface area (Å²) in [7, 11) is 0. The normalized spacial score (nSPS) is 11.5.